The summed E-state index contributed by atoms with van der Waals surface area (Å²) in [6, 6.07) is 17.4. The van der Waals surface area contributed by atoms with Gasteiger partial charge in [0, 0.05) is 55.8 Å². The standard InChI is InChI=1S/C22H23N3O2/c1-16(26)24-11-13-25(14-12-24)21(17-7-3-2-4-8-17)22(27)19-15-23-20-10-6-5-9-18(19)20/h2-10,15,21,23H,11-14H2,1H3/t21-/m1/s1. The Bertz CT molecular complexity index is 956. The summed E-state index contributed by atoms with van der Waals surface area (Å²) in [5, 5.41) is 0.950. The number of aromatic amines is 1. The van der Waals surface area contributed by atoms with Crippen LogP contribution in [0.5, 0.6) is 0 Å². The summed E-state index contributed by atoms with van der Waals surface area (Å²) in [5.41, 5.74) is 2.67. The number of ketones is 1. The molecule has 0 bridgehead atoms. The minimum Gasteiger partial charge on any atom is -0.360 e. The van der Waals surface area contributed by atoms with Gasteiger partial charge in [-0.1, -0.05) is 48.5 Å². The molecule has 0 spiro atoms. The number of aromatic nitrogens is 1. The van der Waals surface area contributed by atoms with Crippen molar-refractivity contribution in [2.75, 3.05) is 26.2 Å². The fraction of sp³-hybridized carbons (Fsp3) is 0.273. The predicted octanol–water partition coefficient (Wildman–Crippen LogP) is 3.26. The largest absolute Gasteiger partial charge is 0.360 e. The Kier molecular flexibility index (Phi) is 4.77. The van der Waals surface area contributed by atoms with E-state index < -0.39 is 0 Å². The summed E-state index contributed by atoms with van der Waals surface area (Å²) in [7, 11) is 0. The third-order valence-corrected chi connectivity index (χ3v) is 5.34. The molecule has 0 radical (unpaired) electrons. The number of hydrogen-bond acceptors (Lipinski definition) is 3. The monoisotopic (exact) mass is 361 g/mol. The highest BCUT2D eigenvalue weighted by Gasteiger charge is 2.32. The van der Waals surface area contributed by atoms with Crippen LogP contribution in [-0.4, -0.2) is 52.7 Å². The molecule has 2 heterocycles. The molecule has 1 N–H and O–H groups in total. The second-order valence-corrected chi connectivity index (χ2v) is 6.97. The lowest BCUT2D eigenvalue weighted by Gasteiger charge is -2.38. The van der Waals surface area contributed by atoms with E-state index in [0.29, 0.717) is 31.7 Å². The van der Waals surface area contributed by atoms with Gasteiger partial charge in [-0.25, -0.2) is 0 Å². The van der Waals surface area contributed by atoms with Gasteiger partial charge in [0.15, 0.2) is 5.78 Å². The van der Waals surface area contributed by atoms with Crippen LogP contribution in [0.3, 0.4) is 0 Å². The molecular formula is C22H23N3O2. The molecule has 0 aliphatic carbocycles. The van der Waals surface area contributed by atoms with Gasteiger partial charge >= 0.3 is 0 Å². The highest BCUT2D eigenvalue weighted by atomic mass is 16.2. The van der Waals surface area contributed by atoms with Gasteiger partial charge < -0.3 is 9.88 Å². The van der Waals surface area contributed by atoms with Crippen LogP contribution in [0.4, 0.5) is 0 Å². The second kappa shape index (κ2) is 7.37. The van der Waals surface area contributed by atoms with Gasteiger partial charge in [-0.3, -0.25) is 14.5 Å². The molecule has 2 aromatic carbocycles. The lowest BCUT2D eigenvalue weighted by atomic mass is 9.95. The molecule has 0 saturated carbocycles. The van der Waals surface area contributed by atoms with E-state index in [1.807, 2.05) is 65.7 Å². The first-order chi connectivity index (χ1) is 13.1. The number of nitrogens with zero attached hydrogens (tertiary/aromatic N) is 2. The van der Waals surface area contributed by atoms with Crippen molar-refractivity contribution in [3.8, 4) is 0 Å². The zero-order chi connectivity index (χ0) is 18.8. The van der Waals surface area contributed by atoms with Gasteiger partial charge in [-0.15, -0.1) is 0 Å². The summed E-state index contributed by atoms with van der Waals surface area (Å²) in [5.74, 6) is 0.184. The van der Waals surface area contributed by atoms with E-state index in [2.05, 4.69) is 9.88 Å². The van der Waals surface area contributed by atoms with Crippen molar-refractivity contribution >= 4 is 22.6 Å². The van der Waals surface area contributed by atoms with Crippen molar-refractivity contribution < 1.29 is 9.59 Å². The Balaban J connectivity index is 1.69. The highest BCUT2D eigenvalue weighted by molar-refractivity contribution is 6.10. The maximum atomic E-state index is 13.6. The number of rotatable bonds is 4. The molecule has 1 aliphatic heterocycles. The Hall–Kier alpha value is -2.92. The topological polar surface area (TPSA) is 56.4 Å². The molecule has 27 heavy (non-hydrogen) atoms. The Morgan fingerprint density at radius 1 is 0.926 bits per heavy atom. The summed E-state index contributed by atoms with van der Waals surface area (Å²) in [4.78, 5) is 32.5. The predicted molar refractivity (Wildman–Crippen MR) is 106 cm³/mol. The molecule has 4 rings (SSSR count). The van der Waals surface area contributed by atoms with E-state index in [-0.39, 0.29) is 17.7 Å². The maximum absolute atomic E-state index is 13.6. The lowest BCUT2D eigenvalue weighted by molar-refractivity contribution is -0.130. The smallest absolute Gasteiger partial charge is 0.219 e. The maximum Gasteiger partial charge on any atom is 0.219 e. The lowest BCUT2D eigenvalue weighted by Crippen LogP contribution is -2.50. The van der Waals surface area contributed by atoms with Crippen LogP contribution in [0.2, 0.25) is 0 Å². The molecular weight excluding hydrogens is 338 g/mol. The van der Waals surface area contributed by atoms with Gasteiger partial charge in [-0.2, -0.15) is 0 Å². The van der Waals surface area contributed by atoms with Crippen LogP contribution in [0.15, 0.2) is 60.8 Å². The molecule has 1 saturated heterocycles. The number of nitrogens with one attached hydrogen (secondary N) is 1. The third-order valence-electron chi connectivity index (χ3n) is 5.34. The van der Waals surface area contributed by atoms with Crippen molar-refractivity contribution in [1.29, 1.82) is 0 Å². The summed E-state index contributed by atoms with van der Waals surface area (Å²) in [6.45, 7) is 4.28. The van der Waals surface area contributed by atoms with Gasteiger partial charge in [0.05, 0.1) is 6.04 Å². The number of para-hydroxylation sites is 1. The SMILES string of the molecule is CC(=O)N1CCN([C@@H](C(=O)c2c[nH]c3ccccc23)c2ccccc2)CC1. The van der Waals surface area contributed by atoms with Gasteiger partial charge in [-0.05, 0) is 11.6 Å². The zero-order valence-corrected chi connectivity index (χ0v) is 15.4. The van der Waals surface area contributed by atoms with Gasteiger partial charge in [0.25, 0.3) is 0 Å². The molecule has 138 valence electrons. The summed E-state index contributed by atoms with van der Waals surface area (Å²) in [6.07, 6.45) is 1.81. The van der Waals surface area contributed by atoms with Crippen molar-refractivity contribution in [2.24, 2.45) is 0 Å². The fourth-order valence-corrected chi connectivity index (χ4v) is 3.88. The van der Waals surface area contributed by atoms with E-state index in [0.717, 1.165) is 16.5 Å². The van der Waals surface area contributed by atoms with Crippen LogP contribution in [0, 0.1) is 0 Å². The Morgan fingerprint density at radius 2 is 1.59 bits per heavy atom. The Morgan fingerprint density at radius 3 is 2.30 bits per heavy atom. The van der Waals surface area contributed by atoms with Crippen molar-refractivity contribution in [3.63, 3.8) is 0 Å². The Labute approximate surface area is 158 Å². The number of benzene rings is 2. The molecule has 1 fully saturated rings. The van der Waals surface area contributed by atoms with Gasteiger partial charge in [0.2, 0.25) is 5.91 Å². The molecule has 1 aliphatic rings. The van der Waals surface area contributed by atoms with E-state index >= 15 is 0 Å². The van der Waals surface area contributed by atoms with Crippen molar-refractivity contribution in [1.82, 2.24) is 14.8 Å². The fourth-order valence-electron chi connectivity index (χ4n) is 3.88. The summed E-state index contributed by atoms with van der Waals surface area (Å²) >= 11 is 0. The van der Waals surface area contributed by atoms with Crippen LogP contribution in [0.1, 0.15) is 28.9 Å². The molecule has 1 amide bonds. The molecule has 0 unspecified atom stereocenters. The number of Topliss-reactive ketones (excluding diaryl/α,β-unsaturated/α-hetero) is 1. The highest BCUT2D eigenvalue weighted by Crippen LogP contribution is 2.29. The number of carbonyl (C=O) groups is 2. The first-order valence-electron chi connectivity index (χ1n) is 9.30. The average molecular weight is 361 g/mol. The number of amides is 1. The van der Waals surface area contributed by atoms with Crippen molar-refractivity contribution in [2.45, 2.75) is 13.0 Å². The number of hydrogen-bond donors (Lipinski definition) is 1. The van der Waals surface area contributed by atoms with Gasteiger partial charge in [0.1, 0.15) is 0 Å². The van der Waals surface area contributed by atoms with Crippen LogP contribution >= 0.6 is 0 Å². The van der Waals surface area contributed by atoms with Crippen LogP contribution < -0.4 is 0 Å². The minimum absolute atomic E-state index is 0.0915. The van der Waals surface area contributed by atoms with E-state index in [9.17, 15) is 9.59 Å². The third kappa shape index (κ3) is 3.38. The minimum atomic E-state index is -0.348. The molecule has 1 atom stereocenters. The summed E-state index contributed by atoms with van der Waals surface area (Å²) < 4.78 is 0. The number of carbonyl (C=O) groups excluding carboxylic acids is 2. The van der Waals surface area contributed by atoms with Crippen LogP contribution in [0.25, 0.3) is 10.9 Å². The van der Waals surface area contributed by atoms with Crippen molar-refractivity contribution in [3.05, 3.63) is 71.9 Å². The quantitative estimate of drug-likeness (QED) is 0.726. The van der Waals surface area contributed by atoms with Crippen LogP contribution in [-0.2, 0) is 4.79 Å². The number of piperazine rings is 1. The van der Waals surface area contributed by atoms with E-state index in [1.54, 1.807) is 6.92 Å². The molecule has 1 aromatic heterocycles. The average Bonchev–Trinajstić information content (AvgIpc) is 3.13. The normalized spacial score (nSPS) is 16.4. The molecule has 5 heteroatoms. The first-order valence-corrected chi connectivity index (χ1v) is 9.30. The second-order valence-electron chi connectivity index (χ2n) is 6.97. The molecule has 5 nitrogen and oxygen atoms in total. The zero-order valence-electron chi connectivity index (χ0n) is 15.4. The number of H-pyrrole nitrogens is 1. The first kappa shape index (κ1) is 17.5. The molecule has 3 aromatic rings. The van der Waals surface area contributed by atoms with E-state index in [4.69, 9.17) is 0 Å². The van der Waals surface area contributed by atoms with E-state index in [1.165, 1.54) is 0 Å². The number of fused-ring (bicyclic) bond motifs is 1.